The van der Waals surface area contributed by atoms with E-state index in [9.17, 15) is 18.0 Å². The van der Waals surface area contributed by atoms with Crippen LogP contribution >= 0.6 is 0 Å². The second kappa shape index (κ2) is 9.03. The standard InChI is InChI=1S/C24H28N2O5S/c1-2-31-23(28)24(14-15-24)19-10-12-20(13-11-19)25-22(27)18-7-6-16-26(17-18)32(29,30)21-8-4-3-5-9-21/h3-5,8-13,18H,2,6-7,14-17H2,1H3,(H,25,27). The van der Waals surface area contributed by atoms with E-state index in [1.165, 1.54) is 4.31 Å². The smallest absolute Gasteiger partial charge is 0.316 e. The Hall–Kier alpha value is -2.71. The van der Waals surface area contributed by atoms with Crippen LogP contribution in [0.25, 0.3) is 0 Å². The highest BCUT2D eigenvalue weighted by Crippen LogP contribution is 2.49. The van der Waals surface area contributed by atoms with Gasteiger partial charge in [-0.15, -0.1) is 0 Å². The molecule has 2 aromatic carbocycles. The fourth-order valence-electron chi connectivity index (χ4n) is 4.24. The maximum Gasteiger partial charge on any atom is 0.316 e. The van der Waals surface area contributed by atoms with E-state index < -0.39 is 21.4 Å². The van der Waals surface area contributed by atoms with Crippen molar-refractivity contribution in [3.05, 3.63) is 60.2 Å². The lowest BCUT2D eigenvalue weighted by Crippen LogP contribution is -2.43. The van der Waals surface area contributed by atoms with Crippen molar-refractivity contribution >= 4 is 27.6 Å². The van der Waals surface area contributed by atoms with Crippen LogP contribution < -0.4 is 5.32 Å². The van der Waals surface area contributed by atoms with Gasteiger partial charge in [-0.3, -0.25) is 9.59 Å². The molecule has 2 fully saturated rings. The zero-order valence-corrected chi connectivity index (χ0v) is 18.9. The Morgan fingerprint density at radius 2 is 1.78 bits per heavy atom. The van der Waals surface area contributed by atoms with Gasteiger partial charge in [0.25, 0.3) is 0 Å². The summed E-state index contributed by atoms with van der Waals surface area (Å²) in [5, 5.41) is 2.90. The Kier molecular flexibility index (Phi) is 6.35. The molecular formula is C24H28N2O5S. The highest BCUT2D eigenvalue weighted by atomic mass is 32.2. The molecule has 2 aromatic rings. The molecule has 1 amide bonds. The number of nitrogens with zero attached hydrogens (tertiary/aromatic N) is 1. The summed E-state index contributed by atoms with van der Waals surface area (Å²) in [6.07, 6.45) is 2.80. The number of rotatable bonds is 7. The summed E-state index contributed by atoms with van der Waals surface area (Å²) in [6.45, 7) is 2.72. The maximum absolute atomic E-state index is 12.9. The molecule has 1 N–H and O–H groups in total. The van der Waals surface area contributed by atoms with Gasteiger partial charge in [-0.25, -0.2) is 8.42 Å². The molecule has 1 atom stereocenters. The van der Waals surface area contributed by atoms with Crippen molar-refractivity contribution < 1.29 is 22.7 Å². The van der Waals surface area contributed by atoms with Crippen LogP contribution in [0.5, 0.6) is 0 Å². The van der Waals surface area contributed by atoms with Crippen molar-refractivity contribution in [1.82, 2.24) is 4.31 Å². The zero-order chi connectivity index (χ0) is 22.8. The Morgan fingerprint density at radius 1 is 1.09 bits per heavy atom. The van der Waals surface area contributed by atoms with E-state index in [0.717, 1.165) is 18.4 Å². The third-order valence-electron chi connectivity index (χ3n) is 6.26. The molecule has 32 heavy (non-hydrogen) atoms. The molecule has 7 nitrogen and oxygen atoms in total. The SMILES string of the molecule is CCOC(=O)C1(c2ccc(NC(=O)C3CCCN(S(=O)(=O)c4ccccc4)C3)cc2)CC1. The Labute approximate surface area is 188 Å². The number of anilines is 1. The summed E-state index contributed by atoms with van der Waals surface area (Å²) >= 11 is 0. The number of carbonyl (C=O) groups excluding carboxylic acids is 2. The van der Waals surface area contributed by atoms with Crippen molar-refractivity contribution in [2.24, 2.45) is 5.92 Å². The summed E-state index contributed by atoms with van der Waals surface area (Å²) in [5.41, 5.74) is 0.974. The lowest BCUT2D eigenvalue weighted by Gasteiger charge is -2.31. The number of sulfonamides is 1. The Balaban J connectivity index is 1.40. The molecule has 170 valence electrons. The first-order valence-corrected chi connectivity index (χ1v) is 12.4. The summed E-state index contributed by atoms with van der Waals surface area (Å²) in [5.74, 6) is -0.813. The monoisotopic (exact) mass is 456 g/mol. The van der Waals surface area contributed by atoms with E-state index in [2.05, 4.69) is 5.32 Å². The minimum atomic E-state index is -3.62. The number of esters is 1. The van der Waals surface area contributed by atoms with E-state index in [4.69, 9.17) is 4.74 Å². The van der Waals surface area contributed by atoms with Crippen LogP contribution in [0, 0.1) is 5.92 Å². The molecule has 1 aliphatic carbocycles. The Bertz CT molecular complexity index is 1080. The molecule has 0 bridgehead atoms. The number of benzene rings is 2. The molecule has 1 unspecified atom stereocenters. The summed E-state index contributed by atoms with van der Waals surface area (Å²) in [6, 6.07) is 15.6. The largest absolute Gasteiger partial charge is 0.465 e. The molecule has 0 spiro atoms. The summed E-state index contributed by atoms with van der Waals surface area (Å²) in [4.78, 5) is 25.4. The molecule has 0 aromatic heterocycles. The predicted molar refractivity (Wildman–Crippen MR) is 121 cm³/mol. The van der Waals surface area contributed by atoms with Gasteiger partial charge >= 0.3 is 5.97 Å². The average molecular weight is 457 g/mol. The van der Waals surface area contributed by atoms with Crippen LogP contribution in [-0.2, 0) is 29.8 Å². The van der Waals surface area contributed by atoms with Crippen LogP contribution in [-0.4, -0.2) is 44.3 Å². The molecule has 4 rings (SSSR count). The number of hydrogen-bond acceptors (Lipinski definition) is 5. The van der Waals surface area contributed by atoms with Crippen LogP contribution in [0.2, 0.25) is 0 Å². The molecule has 8 heteroatoms. The van der Waals surface area contributed by atoms with Crippen LogP contribution in [0.4, 0.5) is 5.69 Å². The van der Waals surface area contributed by atoms with Gasteiger partial charge in [-0.05, 0) is 62.4 Å². The Morgan fingerprint density at radius 3 is 2.41 bits per heavy atom. The molecule has 1 saturated heterocycles. The first-order chi connectivity index (χ1) is 15.4. The topological polar surface area (TPSA) is 92.8 Å². The minimum absolute atomic E-state index is 0.160. The van der Waals surface area contributed by atoms with Crippen molar-refractivity contribution in [1.29, 1.82) is 0 Å². The van der Waals surface area contributed by atoms with Gasteiger partial charge in [-0.2, -0.15) is 4.31 Å². The molecular weight excluding hydrogens is 428 g/mol. The maximum atomic E-state index is 12.9. The first kappa shape index (κ1) is 22.5. The van der Waals surface area contributed by atoms with Crippen LogP contribution in [0.3, 0.4) is 0 Å². The lowest BCUT2D eigenvalue weighted by molar-refractivity contribution is -0.146. The quantitative estimate of drug-likeness (QED) is 0.645. The van der Waals surface area contributed by atoms with Gasteiger partial charge in [-0.1, -0.05) is 30.3 Å². The normalized spacial score (nSPS) is 20.3. The second-order valence-electron chi connectivity index (χ2n) is 8.38. The summed E-state index contributed by atoms with van der Waals surface area (Å²) in [7, 11) is -3.62. The molecule has 1 heterocycles. The molecule has 1 aliphatic heterocycles. The number of piperidine rings is 1. The van der Waals surface area contributed by atoms with E-state index >= 15 is 0 Å². The van der Waals surface area contributed by atoms with Crippen molar-refractivity contribution in [2.45, 2.75) is 42.9 Å². The van der Waals surface area contributed by atoms with Gasteiger partial charge in [0.2, 0.25) is 15.9 Å². The summed E-state index contributed by atoms with van der Waals surface area (Å²) < 4.78 is 32.4. The van der Waals surface area contributed by atoms with Crippen LogP contribution in [0.15, 0.2) is 59.5 Å². The predicted octanol–water partition coefficient (Wildman–Crippen LogP) is 3.32. The van der Waals surface area contributed by atoms with E-state index in [-0.39, 0.29) is 23.3 Å². The molecule has 0 radical (unpaired) electrons. The van der Waals surface area contributed by atoms with Crippen molar-refractivity contribution in [2.75, 3.05) is 25.0 Å². The number of nitrogens with one attached hydrogen (secondary N) is 1. The fraction of sp³-hybridized carbons (Fsp3) is 0.417. The average Bonchev–Trinajstić information content (AvgIpc) is 3.63. The number of ether oxygens (including phenoxy) is 1. The highest BCUT2D eigenvalue weighted by Gasteiger charge is 2.52. The van der Waals surface area contributed by atoms with Gasteiger partial charge in [0.15, 0.2) is 0 Å². The van der Waals surface area contributed by atoms with Gasteiger partial charge in [0, 0.05) is 18.8 Å². The van der Waals surface area contributed by atoms with E-state index in [1.54, 1.807) is 49.4 Å². The fourth-order valence-corrected chi connectivity index (χ4v) is 5.78. The third kappa shape index (κ3) is 4.42. The first-order valence-electron chi connectivity index (χ1n) is 11.0. The number of carbonyl (C=O) groups is 2. The van der Waals surface area contributed by atoms with E-state index in [0.29, 0.717) is 31.7 Å². The second-order valence-corrected chi connectivity index (χ2v) is 10.3. The van der Waals surface area contributed by atoms with Gasteiger partial charge in [0.05, 0.1) is 22.8 Å². The number of hydrogen-bond donors (Lipinski definition) is 1. The van der Waals surface area contributed by atoms with Crippen molar-refractivity contribution in [3.8, 4) is 0 Å². The third-order valence-corrected chi connectivity index (χ3v) is 8.14. The lowest BCUT2D eigenvalue weighted by atomic mass is 9.95. The number of amides is 1. The van der Waals surface area contributed by atoms with E-state index in [1.807, 2.05) is 12.1 Å². The van der Waals surface area contributed by atoms with Gasteiger partial charge in [0.1, 0.15) is 0 Å². The molecule has 1 saturated carbocycles. The highest BCUT2D eigenvalue weighted by molar-refractivity contribution is 7.89. The van der Waals surface area contributed by atoms with Crippen molar-refractivity contribution in [3.63, 3.8) is 0 Å². The minimum Gasteiger partial charge on any atom is -0.465 e. The van der Waals surface area contributed by atoms with Gasteiger partial charge < -0.3 is 10.1 Å². The molecule has 2 aliphatic rings. The zero-order valence-electron chi connectivity index (χ0n) is 18.1. The van der Waals surface area contributed by atoms with Crippen LogP contribution in [0.1, 0.15) is 38.2 Å².